The lowest BCUT2D eigenvalue weighted by molar-refractivity contribution is 0.317. The summed E-state index contributed by atoms with van der Waals surface area (Å²) in [7, 11) is -18.2. The van der Waals surface area contributed by atoms with E-state index in [2.05, 4.69) is 46.7 Å². The van der Waals surface area contributed by atoms with Gasteiger partial charge in [0.25, 0.3) is 40.5 Å². The Morgan fingerprint density at radius 1 is 0.747 bits per heavy atom. The number of hydrogen-bond donors (Lipinski definition) is 5. The molecule has 0 saturated carbocycles. The van der Waals surface area contributed by atoms with Gasteiger partial charge in [-0.1, -0.05) is 29.0 Å². The molecule has 5 aromatic carbocycles. The van der Waals surface area contributed by atoms with Crippen LogP contribution in [0.15, 0.2) is 112 Å². The molecule has 0 atom stereocenters. The molecule has 24 nitrogen and oxygen atoms in total. The van der Waals surface area contributed by atoms with E-state index >= 15 is 0 Å². The number of rotatable bonds is 18. The van der Waals surface area contributed by atoms with Gasteiger partial charge in [-0.15, -0.1) is 37.3 Å². The van der Waals surface area contributed by atoms with Crippen LogP contribution in [0.5, 0.6) is 11.6 Å². The maximum Gasteiger partial charge on any atom is 0.296 e. The predicted octanol–water partition coefficient (Wildman–Crippen LogP) is 11.2. The molecule has 8 aromatic rings. The molecule has 31 heteroatoms. The van der Waals surface area contributed by atoms with Crippen molar-refractivity contribution in [1.82, 2.24) is 14.4 Å². The largest absolute Gasteiger partial charge is 0.493 e. The Kier molecular flexibility index (Phi) is 15.4. The number of imidazole rings is 1. The summed E-state index contributed by atoms with van der Waals surface area (Å²) in [6, 6.07) is 17.6. The lowest BCUT2D eigenvalue weighted by Crippen LogP contribution is -2.08. The van der Waals surface area contributed by atoms with Crippen LogP contribution in [0.4, 0.5) is 33.6 Å². The van der Waals surface area contributed by atoms with E-state index in [0.717, 1.165) is 41.3 Å². The minimum Gasteiger partial charge on any atom is -0.493 e. The number of hydrogen-bond acceptors (Lipinski definition) is 21. The molecule has 390 valence electrons. The zero-order chi connectivity index (χ0) is 54.4. The zero-order valence-electron chi connectivity index (χ0n) is 38.8. The number of ether oxygens (including phenoxy) is 1. The van der Waals surface area contributed by atoms with Gasteiger partial charge >= 0.3 is 0 Å². The molecule has 0 aliphatic heterocycles. The lowest BCUT2D eigenvalue weighted by Gasteiger charge is -2.12. The highest BCUT2D eigenvalue weighted by Crippen LogP contribution is 2.44. The number of thiazole rings is 1. The fourth-order valence-electron chi connectivity index (χ4n) is 7.45. The van der Waals surface area contributed by atoms with Gasteiger partial charge in [0.15, 0.2) is 11.3 Å². The number of nitrogens with zero attached hydrogens (tertiary/aromatic N) is 10. The summed E-state index contributed by atoms with van der Waals surface area (Å²) in [5.41, 5.74) is 2.73. The van der Waals surface area contributed by atoms with Crippen molar-refractivity contribution in [2.75, 3.05) is 23.9 Å². The Hall–Kier alpha value is -6.63. The number of aryl methyl sites for hydroxylation is 2. The number of pyridine rings is 1. The minimum atomic E-state index is -4.86. The van der Waals surface area contributed by atoms with Gasteiger partial charge in [0.1, 0.15) is 33.5 Å². The van der Waals surface area contributed by atoms with Gasteiger partial charge in [-0.2, -0.15) is 44.0 Å². The number of aromatic nitrogens is 3. The Labute approximate surface area is 439 Å². The standard InChI is InChI=1S/C44H37ClN10O14S6/c1-22-14-33(51-53-39-24(3)29(21-46)42-47-30-9-7-26(45)17-35(30)55(42)43(39)56)36(69-10-4-12-72(57,58)59)19-31(22)49-52-34-15-23(2)32(20-37(34)70-11-5-13-73(60,61)62)50-54-44-48-40-38(75(66,67)68)16-25-6-8-27(74(63,64)65)18-28(25)41(40)71-44/h6-9,14-20,56H,4-5,10-13H2,1-3H3,(H,57,58,59)(H,60,61,62)(H,63,64,65)(H,66,67,68). The molecule has 75 heavy (non-hydrogen) atoms. The van der Waals surface area contributed by atoms with E-state index in [9.17, 15) is 62.3 Å². The molecule has 3 heterocycles. The molecule has 5 N–H and O–H groups in total. The van der Waals surface area contributed by atoms with Crippen LogP contribution in [0.3, 0.4) is 0 Å². The van der Waals surface area contributed by atoms with E-state index in [1.807, 2.05) is 0 Å². The van der Waals surface area contributed by atoms with E-state index in [1.54, 1.807) is 51.1 Å². The van der Waals surface area contributed by atoms with Crippen LogP contribution in [-0.4, -0.2) is 95.2 Å². The predicted molar refractivity (Wildman–Crippen MR) is 279 cm³/mol. The van der Waals surface area contributed by atoms with Gasteiger partial charge in [-0.3, -0.25) is 22.6 Å². The first-order chi connectivity index (χ1) is 35.2. The molecule has 3 aromatic heterocycles. The van der Waals surface area contributed by atoms with E-state index < -0.39 is 67.6 Å². The summed E-state index contributed by atoms with van der Waals surface area (Å²) in [6.07, 6.45) is -0.122. The van der Waals surface area contributed by atoms with Crippen LogP contribution >= 0.6 is 34.7 Å². The third kappa shape index (κ3) is 12.4. The van der Waals surface area contributed by atoms with E-state index in [-0.39, 0.29) is 102 Å². The molecule has 0 fully saturated rings. The summed E-state index contributed by atoms with van der Waals surface area (Å²) in [4.78, 5) is 8.10. The molecule has 0 spiro atoms. The van der Waals surface area contributed by atoms with Crippen molar-refractivity contribution < 1.29 is 61.7 Å². The van der Waals surface area contributed by atoms with Crippen molar-refractivity contribution in [3.05, 3.63) is 94.0 Å². The van der Waals surface area contributed by atoms with Gasteiger partial charge in [0.2, 0.25) is 11.0 Å². The Bertz CT molecular complexity index is 4290. The molecule has 0 aliphatic rings. The Balaban J connectivity index is 1.17. The summed E-state index contributed by atoms with van der Waals surface area (Å²) < 4.78 is 141. The van der Waals surface area contributed by atoms with Gasteiger partial charge < -0.3 is 9.84 Å². The van der Waals surface area contributed by atoms with Crippen molar-refractivity contribution in [1.29, 1.82) is 5.26 Å². The summed E-state index contributed by atoms with van der Waals surface area (Å²) in [6.45, 7) is 4.64. The van der Waals surface area contributed by atoms with Gasteiger partial charge in [0, 0.05) is 26.9 Å². The summed E-state index contributed by atoms with van der Waals surface area (Å²) in [5, 5.41) is 48.5. The number of halogens is 1. The van der Waals surface area contributed by atoms with Crippen LogP contribution in [0, 0.1) is 32.1 Å². The average molecular weight is 1160 g/mol. The molecule has 8 rings (SSSR count). The number of aromatic hydroxyl groups is 1. The topological polar surface area (TPSA) is 375 Å². The fraction of sp³-hybridized carbons (Fsp3) is 0.205. The molecule has 0 unspecified atom stereocenters. The highest BCUT2D eigenvalue weighted by atomic mass is 35.5. The molecule has 0 radical (unpaired) electrons. The monoisotopic (exact) mass is 1160 g/mol. The second-order valence-corrected chi connectivity index (χ2v) is 24.9. The fourth-order valence-corrected chi connectivity index (χ4v) is 11.9. The van der Waals surface area contributed by atoms with Crippen LogP contribution in [-0.2, 0) is 40.5 Å². The van der Waals surface area contributed by atoms with Crippen LogP contribution in [0.25, 0.3) is 37.7 Å². The van der Waals surface area contributed by atoms with Crippen molar-refractivity contribution >= 4 is 146 Å². The van der Waals surface area contributed by atoms with Gasteiger partial charge in [-0.05, 0) is 110 Å². The van der Waals surface area contributed by atoms with E-state index in [4.69, 9.17) is 16.3 Å². The maximum absolute atomic E-state index is 12.4. The van der Waals surface area contributed by atoms with Crippen molar-refractivity contribution in [2.24, 2.45) is 30.7 Å². The maximum atomic E-state index is 12.4. The van der Waals surface area contributed by atoms with Crippen LogP contribution in [0.1, 0.15) is 35.1 Å². The summed E-state index contributed by atoms with van der Waals surface area (Å²) in [5.74, 6) is -1.40. The number of thioether (sulfide) groups is 1. The van der Waals surface area contributed by atoms with Gasteiger partial charge in [-0.25, -0.2) is 9.97 Å². The molecular weight excluding hydrogens is 1120 g/mol. The molecular formula is C44H37ClN10O14S6. The number of azo groups is 3. The molecule has 0 aliphatic carbocycles. The summed E-state index contributed by atoms with van der Waals surface area (Å²) >= 11 is 8.21. The normalized spacial score (nSPS) is 12.9. The second kappa shape index (κ2) is 21.2. The highest BCUT2D eigenvalue weighted by Gasteiger charge is 2.24. The highest BCUT2D eigenvalue weighted by molar-refractivity contribution is 7.99. The Morgan fingerprint density at radius 2 is 1.40 bits per heavy atom. The first kappa shape index (κ1) is 54.6. The first-order valence-electron chi connectivity index (χ1n) is 21.4. The van der Waals surface area contributed by atoms with Crippen LogP contribution < -0.4 is 4.74 Å². The smallest absolute Gasteiger partial charge is 0.296 e. The SMILES string of the molecule is Cc1cc(N=Nc2cc(OCCCS(=O)(=O)O)c(N=Nc3c(C)c(C#N)c4nc5ccc(Cl)cc5n4c3O)cc2C)c(SCCCS(=O)(=O)O)cc1N=Nc1nc2c(S(=O)(=O)O)cc3ccc(S(=O)(=O)O)cc3c2s1. The van der Waals surface area contributed by atoms with Crippen molar-refractivity contribution in [2.45, 2.75) is 48.3 Å². The average Bonchev–Trinajstić information content (AvgIpc) is 3.93. The third-order valence-corrected chi connectivity index (χ3v) is 16.7. The van der Waals surface area contributed by atoms with Crippen molar-refractivity contribution in [3.63, 3.8) is 0 Å². The van der Waals surface area contributed by atoms with E-state index in [1.165, 1.54) is 22.6 Å². The second-order valence-electron chi connectivity index (χ2n) is 16.4. The third-order valence-electron chi connectivity index (χ3n) is 11.0. The molecule has 0 bridgehead atoms. The number of nitriles is 1. The first-order valence-corrected chi connectivity index (χ1v) is 29.7. The minimum absolute atomic E-state index is 0.0174. The van der Waals surface area contributed by atoms with Gasteiger partial charge in [0.05, 0.1) is 55.8 Å². The molecule has 0 saturated heterocycles. The molecule has 0 amide bonds. The van der Waals surface area contributed by atoms with Crippen LogP contribution in [0.2, 0.25) is 5.02 Å². The Morgan fingerprint density at radius 3 is 2.08 bits per heavy atom. The number of benzene rings is 5. The number of fused-ring (bicyclic) bond motifs is 6. The quantitative estimate of drug-likeness (QED) is 0.0230. The zero-order valence-corrected chi connectivity index (χ0v) is 44.5. The lowest BCUT2D eigenvalue weighted by atomic mass is 10.1. The van der Waals surface area contributed by atoms with E-state index in [0.29, 0.717) is 32.1 Å². The van der Waals surface area contributed by atoms with Crippen molar-refractivity contribution in [3.8, 4) is 17.7 Å².